The molecule has 132 valence electrons. The van der Waals surface area contributed by atoms with Crippen LogP contribution in [0.25, 0.3) is 0 Å². The number of benzene rings is 2. The lowest BCUT2D eigenvalue weighted by molar-refractivity contribution is 0.0949. The second-order valence-corrected chi connectivity index (χ2v) is 6.02. The minimum atomic E-state index is -0.283. The lowest BCUT2D eigenvalue weighted by Gasteiger charge is -2.09. The van der Waals surface area contributed by atoms with Crippen LogP contribution in [-0.4, -0.2) is 17.4 Å². The zero-order valence-electron chi connectivity index (χ0n) is 14.5. The largest absolute Gasteiger partial charge is 0.355 e. The topological polar surface area (TPSA) is 54.0 Å². The monoisotopic (exact) mass is 349 g/mol. The number of hydrogen-bond donors (Lipinski definition) is 2. The molecule has 0 aliphatic heterocycles. The third-order valence-corrected chi connectivity index (χ3v) is 3.94. The molecule has 0 saturated carbocycles. The molecule has 2 aromatic carbocycles. The molecule has 0 unspecified atom stereocenters. The maximum absolute atomic E-state index is 13.6. The molecular formula is C21H20FN3O. The molecule has 1 heterocycles. The van der Waals surface area contributed by atoms with Gasteiger partial charge in [0.2, 0.25) is 0 Å². The molecule has 0 aliphatic rings. The van der Waals surface area contributed by atoms with Crippen LogP contribution in [0.15, 0.2) is 66.9 Å². The van der Waals surface area contributed by atoms with E-state index in [2.05, 4.69) is 15.6 Å². The average molecular weight is 349 g/mol. The van der Waals surface area contributed by atoms with E-state index in [9.17, 15) is 9.18 Å². The molecule has 0 spiro atoms. The SMILES string of the molecule is Cc1cccc(Nc2ccnc(C(=O)NCCc3ccccc3F)c2)c1. The summed E-state index contributed by atoms with van der Waals surface area (Å²) in [7, 11) is 0. The van der Waals surface area contributed by atoms with Crippen LogP contribution in [0.4, 0.5) is 15.8 Å². The van der Waals surface area contributed by atoms with Crippen LogP contribution in [0, 0.1) is 12.7 Å². The number of aromatic nitrogens is 1. The molecule has 1 aromatic heterocycles. The lowest BCUT2D eigenvalue weighted by Crippen LogP contribution is -2.26. The van der Waals surface area contributed by atoms with Crippen molar-refractivity contribution < 1.29 is 9.18 Å². The van der Waals surface area contributed by atoms with E-state index in [0.29, 0.717) is 24.2 Å². The number of hydrogen-bond acceptors (Lipinski definition) is 3. The van der Waals surface area contributed by atoms with Gasteiger partial charge in [-0.25, -0.2) is 4.39 Å². The van der Waals surface area contributed by atoms with E-state index in [0.717, 1.165) is 16.9 Å². The first-order valence-corrected chi connectivity index (χ1v) is 8.43. The summed E-state index contributed by atoms with van der Waals surface area (Å²) in [6.45, 7) is 2.36. The fourth-order valence-electron chi connectivity index (χ4n) is 2.62. The number of amides is 1. The Morgan fingerprint density at radius 1 is 1.04 bits per heavy atom. The summed E-state index contributed by atoms with van der Waals surface area (Å²) in [6, 6.07) is 18.0. The Balaban J connectivity index is 1.60. The van der Waals surface area contributed by atoms with E-state index >= 15 is 0 Å². The summed E-state index contributed by atoms with van der Waals surface area (Å²) >= 11 is 0. The second-order valence-electron chi connectivity index (χ2n) is 6.02. The quantitative estimate of drug-likeness (QED) is 0.700. The molecule has 3 aromatic rings. The number of halogens is 1. The van der Waals surface area contributed by atoms with Gasteiger partial charge in [-0.2, -0.15) is 0 Å². The standard InChI is InChI=1S/C21H20FN3O/c1-15-5-4-7-17(13-15)25-18-10-12-23-20(14-18)21(26)24-11-9-16-6-2-3-8-19(16)22/h2-8,10,12-14H,9,11H2,1H3,(H,23,25)(H,24,26). The van der Waals surface area contributed by atoms with E-state index in [-0.39, 0.29) is 11.7 Å². The molecule has 4 nitrogen and oxygen atoms in total. The number of pyridine rings is 1. The van der Waals surface area contributed by atoms with Gasteiger partial charge >= 0.3 is 0 Å². The van der Waals surface area contributed by atoms with Crippen molar-refractivity contribution in [3.8, 4) is 0 Å². The molecule has 1 amide bonds. The molecule has 26 heavy (non-hydrogen) atoms. The van der Waals surface area contributed by atoms with Crippen molar-refractivity contribution in [2.75, 3.05) is 11.9 Å². The van der Waals surface area contributed by atoms with Crippen molar-refractivity contribution in [1.29, 1.82) is 0 Å². The van der Waals surface area contributed by atoms with E-state index in [1.165, 1.54) is 6.07 Å². The van der Waals surface area contributed by atoms with Gasteiger partial charge in [0.15, 0.2) is 0 Å². The molecule has 0 fully saturated rings. The summed E-state index contributed by atoms with van der Waals surface area (Å²) in [4.78, 5) is 16.4. The minimum absolute atomic E-state index is 0.260. The highest BCUT2D eigenvalue weighted by atomic mass is 19.1. The molecule has 0 bridgehead atoms. The molecule has 5 heteroatoms. The van der Waals surface area contributed by atoms with Crippen molar-refractivity contribution in [2.24, 2.45) is 0 Å². The molecule has 0 radical (unpaired) electrons. The van der Waals surface area contributed by atoms with Gasteiger partial charge in [-0.15, -0.1) is 0 Å². The normalized spacial score (nSPS) is 10.4. The highest BCUT2D eigenvalue weighted by Gasteiger charge is 2.08. The van der Waals surface area contributed by atoms with Gasteiger partial charge in [-0.3, -0.25) is 9.78 Å². The van der Waals surface area contributed by atoms with E-state index < -0.39 is 0 Å². The minimum Gasteiger partial charge on any atom is -0.355 e. The Morgan fingerprint density at radius 2 is 1.85 bits per heavy atom. The van der Waals surface area contributed by atoms with Crippen LogP contribution in [-0.2, 0) is 6.42 Å². The van der Waals surface area contributed by atoms with Crippen LogP contribution in [0.2, 0.25) is 0 Å². The smallest absolute Gasteiger partial charge is 0.269 e. The summed E-state index contributed by atoms with van der Waals surface area (Å²) in [5.74, 6) is -0.543. The van der Waals surface area contributed by atoms with Gasteiger partial charge in [0.05, 0.1) is 0 Å². The molecule has 0 saturated heterocycles. The number of aryl methyl sites for hydroxylation is 1. The van der Waals surface area contributed by atoms with Gasteiger partial charge in [0, 0.05) is 24.1 Å². The fraction of sp³-hybridized carbons (Fsp3) is 0.143. The zero-order valence-corrected chi connectivity index (χ0v) is 14.5. The van der Waals surface area contributed by atoms with Gasteiger partial charge < -0.3 is 10.6 Å². The Kier molecular flexibility index (Phi) is 5.59. The zero-order chi connectivity index (χ0) is 18.4. The van der Waals surface area contributed by atoms with E-state index in [4.69, 9.17) is 0 Å². The Morgan fingerprint density at radius 3 is 2.65 bits per heavy atom. The van der Waals surface area contributed by atoms with Gasteiger partial charge in [-0.1, -0.05) is 30.3 Å². The first-order chi connectivity index (χ1) is 12.6. The number of nitrogens with zero attached hydrogens (tertiary/aromatic N) is 1. The Labute approximate surface area is 152 Å². The van der Waals surface area contributed by atoms with Crippen LogP contribution in [0.5, 0.6) is 0 Å². The highest BCUT2D eigenvalue weighted by Crippen LogP contribution is 2.17. The second kappa shape index (κ2) is 8.25. The molecule has 3 rings (SSSR count). The van der Waals surface area contributed by atoms with Crippen LogP contribution in [0.3, 0.4) is 0 Å². The van der Waals surface area contributed by atoms with Crippen molar-refractivity contribution in [3.63, 3.8) is 0 Å². The Hall–Kier alpha value is -3.21. The van der Waals surface area contributed by atoms with Crippen LogP contribution >= 0.6 is 0 Å². The number of carbonyl (C=O) groups is 1. The van der Waals surface area contributed by atoms with Crippen LogP contribution < -0.4 is 10.6 Å². The highest BCUT2D eigenvalue weighted by molar-refractivity contribution is 5.93. The van der Waals surface area contributed by atoms with Gasteiger partial charge in [0.1, 0.15) is 11.5 Å². The molecule has 0 aliphatic carbocycles. The summed E-state index contributed by atoms with van der Waals surface area (Å²) in [5, 5.41) is 6.04. The summed E-state index contributed by atoms with van der Waals surface area (Å²) in [6.07, 6.45) is 2.02. The van der Waals surface area contributed by atoms with Crippen molar-refractivity contribution in [2.45, 2.75) is 13.3 Å². The number of nitrogens with one attached hydrogen (secondary N) is 2. The van der Waals surface area contributed by atoms with Crippen molar-refractivity contribution in [1.82, 2.24) is 10.3 Å². The molecular weight excluding hydrogens is 329 g/mol. The number of carbonyl (C=O) groups excluding carboxylic acids is 1. The van der Waals surface area contributed by atoms with Gasteiger partial charge in [0.25, 0.3) is 5.91 Å². The average Bonchev–Trinajstić information content (AvgIpc) is 2.63. The van der Waals surface area contributed by atoms with E-state index in [1.54, 1.807) is 36.5 Å². The predicted molar refractivity (Wildman–Crippen MR) is 101 cm³/mol. The number of anilines is 2. The third-order valence-electron chi connectivity index (χ3n) is 3.94. The van der Waals surface area contributed by atoms with Crippen molar-refractivity contribution in [3.05, 3.63) is 89.5 Å². The first-order valence-electron chi connectivity index (χ1n) is 8.43. The lowest BCUT2D eigenvalue weighted by atomic mass is 10.1. The first kappa shape index (κ1) is 17.6. The molecule has 2 N–H and O–H groups in total. The predicted octanol–water partition coefficient (Wildman–Crippen LogP) is 4.25. The Bertz CT molecular complexity index is 911. The fourth-order valence-corrected chi connectivity index (χ4v) is 2.62. The maximum atomic E-state index is 13.6. The molecule has 0 atom stereocenters. The third kappa shape index (κ3) is 4.66. The van der Waals surface area contributed by atoms with Crippen molar-refractivity contribution >= 4 is 17.3 Å². The van der Waals surface area contributed by atoms with Crippen LogP contribution in [0.1, 0.15) is 21.6 Å². The maximum Gasteiger partial charge on any atom is 0.269 e. The number of rotatable bonds is 6. The summed E-state index contributed by atoms with van der Waals surface area (Å²) in [5.41, 5.74) is 3.77. The van der Waals surface area contributed by atoms with E-state index in [1.807, 2.05) is 31.2 Å². The summed E-state index contributed by atoms with van der Waals surface area (Å²) < 4.78 is 13.6. The van der Waals surface area contributed by atoms with Gasteiger partial charge in [-0.05, 0) is 54.8 Å².